The number of benzene rings is 2. The molecule has 25 heavy (non-hydrogen) atoms. The van der Waals surface area contributed by atoms with Crippen LogP contribution in [0.15, 0.2) is 42.5 Å². The lowest BCUT2D eigenvalue weighted by Crippen LogP contribution is -2.35. The summed E-state index contributed by atoms with van der Waals surface area (Å²) >= 11 is 12.0. The zero-order valence-corrected chi connectivity index (χ0v) is 15.7. The van der Waals surface area contributed by atoms with E-state index < -0.39 is 0 Å². The second-order valence-corrected chi connectivity index (χ2v) is 6.46. The third-order valence-electron chi connectivity index (χ3n) is 3.74. The lowest BCUT2D eigenvalue weighted by atomic mass is 10.1. The summed E-state index contributed by atoms with van der Waals surface area (Å²) in [5.74, 6) is 0.802. The van der Waals surface area contributed by atoms with E-state index in [4.69, 9.17) is 27.9 Å². The van der Waals surface area contributed by atoms with Gasteiger partial charge in [-0.15, -0.1) is 0 Å². The summed E-state index contributed by atoms with van der Waals surface area (Å²) in [5.41, 5.74) is 2.14. The number of rotatable bonds is 9. The molecule has 0 bridgehead atoms. The summed E-state index contributed by atoms with van der Waals surface area (Å²) in [7, 11) is 1.64. The number of ether oxygens (including phenoxy) is 1. The molecule has 0 atom stereocenters. The van der Waals surface area contributed by atoms with E-state index in [2.05, 4.69) is 10.6 Å². The molecule has 0 aliphatic rings. The second-order valence-electron chi connectivity index (χ2n) is 5.61. The molecular formula is C19H22Cl2N2O2. The van der Waals surface area contributed by atoms with Crippen LogP contribution in [-0.4, -0.2) is 32.7 Å². The van der Waals surface area contributed by atoms with Crippen LogP contribution in [0.2, 0.25) is 10.0 Å². The molecule has 0 saturated heterocycles. The number of hydrogen-bond donors (Lipinski definition) is 2. The highest BCUT2D eigenvalue weighted by atomic mass is 35.5. The van der Waals surface area contributed by atoms with Crippen LogP contribution in [0.3, 0.4) is 0 Å². The van der Waals surface area contributed by atoms with Crippen LogP contribution in [0.25, 0.3) is 0 Å². The Morgan fingerprint density at radius 1 is 1.08 bits per heavy atom. The molecule has 0 unspecified atom stereocenters. The van der Waals surface area contributed by atoms with Gasteiger partial charge in [-0.2, -0.15) is 0 Å². The van der Waals surface area contributed by atoms with E-state index in [9.17, 15) is 4.79 Å². The highest BCUT2D eigenvalue weighted by Crippen LogP contribution is 2.21. The van der Waals surface area contributed by atoms with Crippen molar-refractivity contribution in [2.45, 2.75) is 12.8 Å². The van der Waals surface area contributed by atoms with Gasteiger partial charge >= 0.3 is 0 Å². The molecule has 6 heteroatoms. The first-order chi connectivity index (χ1) is 12.1. The number of carbonyl (C=O) groups excluding carboxylic acids is 1. The Bertz CT molecular complexity index is 708. The van der Waals surface area contributed by atoms with Crippen molar-refractivity contribution >= 4 is 29.1 Å². The average Bonchev–Trinajstić information content (AvgIpc) is 2.60. The molecule has 2 aromatic rings. The fourth-order valence-corrected chi connectivity index (χ4v) is 2.89. The quantitative estimate of drug-likeness (QED) is 0.654. The number of hydrogen-bond acceptors (Lipinski definition) is 3. The smallest absolute Gasteiger partial charge is 0.233 e. The molecule has 0 fully saturated rings. The normalized spacial score (nSPS) is 10.5. The average molecular weight is 381 g/mol. The van der Waals surface area contributed by atoms with Crippen molar-refractivity contribution in [3.05, 3.63) is 63.6 Å². The van der Waals surface area contributed by atoms with Crippen LogP contribution in [0.1, 0.15) is 11.1 Å². The second kappa shape index (κ2) is 10.3. The molecule has 2 rings (SSSR count). The van der Waals surface area contributed by atoms with E-state index in [-0.39, 0.29) is 12.5 Å². The standard InChI is InChI=1S/C19H22Cl2N2O2/c1-25-17-4-2-3-14(11-17)7-10-23-19(24)13-22-9-8-15-5-6-16(20)12-18(15)21/h2-6,11-12,22H,7-10,13H2,1H3,(H,23,24). The maximum absolute atomic E-state index is 11.8. The molecule has 0 spiro atoms. The summed E-state index contributed by atoms with van der Waals surface area (Å²) < 4.78 is 5.19. The molecule has 2 N–H and O–H groups in total. The first-order valence-corrected chi connectivity index (χ1v) is 8.88. The lowest BCUT2D eigenvalue weighted by Gasteiger charge is -2.08. The van der Waals surface area contributed by atoms with Crippen molar-refractivity contribution < 1.29 is 9.53 Å². The Labute approximate surface area is 158 Å². The van der Waals surface area contributed by atoms with Gasteiger partial charge in [-0.25, -0.2) is 0 Å². The fraction of sp³-hybridized carbons (Fsp3) is 0.316. The van der Waals surface area contributed by atoms with E-state index in [0.29, 0.717) is 23.1 Å². The SMILES string of the molecule is COc1cccc(CCNC(=O)CNCCc2ccc(Cl)cc2Cl)c1. The lowest BCUT2D eigenvalue weighted by molar-refractivity contribution is -0.120. The predicted octanol–water partition coefficient (Wildman–Crippen LogP) is 3.49. The zero-order valence-electron chi connectivity index (χ0n) is 14.1. The third-order valence-corrected chi connectivity index (χ3v) is 4.33. The Morgan fingerprint density at radius 3 is 2.68 bits per heavy atom. The van der Waals surface area contributed by atoms with Crippen LogP contribution in [0.5, 0.6) is 5.75 Å². The fourth-order valence-electron chi connectivity index (χ4n) is 2.39. The van der Waals surface area contributed by atoms with Gasteiger partial charge < -0.3 is 15.4 Å². The van der Waals surface area contributed by atoms with Crippen molar-refractivity contribution in [3.63, 3.8) is 0 Å². The molecule has 4 nitrogen and oxygen atoms in total. The van der Waals surface area contributed by atoms with Crippen molar-refractivity contribution in [2.75, 3.05) is 26.7 Å². The van der Waals surface area contributed by atoms with E-state index in [1.807, 2.05) is 36.4 Å². The summed E-state index contributed by atoms with van der Waals surface area (Å²) in [6.45, 7) is 1.55. The van der Waals surface area contributed by atoms with E-state index in [1.54, 1.807) is 13.2 Å². The highest BCUT2D eigenvalue weighted by Gasteiger charge is 2.03. The van der Waals surface area contributed by atoms with Crippen LogP contribution >= 0.6 is 23.2 Å². The monoisotopic (exact) mass is 380 g/mol. The van der Waals surface area contributed by atoms with Gasteiger partial charge in [0.25, 0.3) is 0 Å². The topological polar surface area (TPSA) is 50.4 Å². The number of amides is 1. The molecule has 0 heterocycles. The summed E-state index contributed by atoms with van der Waals surface area (Å²) in [6.07, 6.45) is 1.51. The summed E-state index contributed by atoms with van der Waals surface area (Å²) in [4.78, 5) is 11.8. The van der Waals surface area contributed by atoms with Gasteiger partial charge in [-0.3, -0.25) is 4.79 Å². The summed E-state index contributed by atoms with van der Waals surface area (Å²) in [5, 5.41) is 7.29. The first kappa shape index (κ1) is 19.6. The highest BCUT2D eigenvalue weighted by molar-refractivity contribution is 6.35. The van der Waals surface area contributed by atoms with Gasteiger partial charge in [0.15, 0.2) is 0 Å². The minimum atomic E-state index is -0.0231. The minimum Gasteiger partial charge on any atom is -0.497 e. The largest absolute Gasteiger partial charge is 0.497 e. The Hall–Kier alpha value is -1.75. The number of carbonyl (C=O) groups is 1. The van der Waals surface area contributed by atoms with Gasteiger partial charge in [0.05, 0.1) is 13.7 Å². The van der Waals surface area contributed by atoms with Crippen LogP contribution in [0.4, 0.5) is 0 Å². The van der Waals surface area contributed by atoms with Gasteiger partial charge in [-0.1, -0.05) is 41.4 Å². The van der Waals surface area contributed by atoms with Crippen molar-refractivity contribution in [1.29, 1.82) is 0 Å². The van der Waals surface area contributed by atoms with Crippen molar-refractivity contribution in [2.24, 2.45) is 0 Å². The van der Waals surface area contributed by atoms with E-state index in [1.165, 1.54) is 0 Å². The maximum atomic E-state index is 11.8. The van der Waals surface area contributed by atoms with Crippen LogP contribution < -0.4 is 15.4 Å². The van der Waals surface area contributed by atoms with Crippen molar-refractivity contribution in [1.82, 2.24) is 10.6 Å². The molecular weight excluding hydrogens is 359 g/mol. The van der Waals surface area contributed by atoms with Gasteiger partial charge in [0.1, 0.15) is 5.75 Å². The van der Waals surface area contributed by atoms with Crippen LogP contribution in [-0.2, 0) is 17.6 Å². The van der Waals surface area contributed by atoms with Gasteiger partial charge in [0.2, 0.25) is 5.91 Å². The number of nitrogens with one attached hydrogen (secondary N) is 2. The zero-order chi connectivity index (χ0) is 18.1. The minimum absolute atomic E-state index is 0.0231. The van der Waals surface area contributed by atoms with E-state index >= 15 is 0 Å². The van der Waals surface area contributed by atoms with Crippen molar-refractivity contribution in [3.8, 4) is 5.75 Å². The molecule has 2 aromatic carbocycles. The molecule has 0 aromatic heterocycles. The summed E-state index contributed by atoms with van der Waals surface area (Å²) in [6, 6.07) is 13.3. The molecule has 0 aliphatic carbocycles. The maximum Gasteiger partial charge on any atom is 0.233 e. The number of halogens is 2. The molecule has 134 valence electrons. The predicted molar refractivity (Wildman–Crippen MR) is 103 cm³/mol. The Morgan fingerprint density at radius 2 is 1.92 bits per heavy atom. The van der Waals surface area contributed by atoms with Gasteiger partial charge in [0, 0.05) is 16.6 Å². The number of methoxy groups -OCH3 is 1. The Balaban J connectivity index is 1.62. The molecule has 0 aliphatic heterocycles. The van der Waals surface area contributed by atoms with Crippen LogP contribution in [0, 0.1) is 0 Å². The molecule has 0 radical (unpaired) electrons. The Kier molecular flexibility index (Phi) is 8.06. The first-order valence-electron chi connectivity index (χ1n) is 8.13. The van der Waals surface area contributed by atoms with Gasteiger partial charge in [-0.05, 0) is 54.8 Å². The van der Waals surface area contributed by atoms with E-state index in [0.717, 1.165) is 29.7 Å². The molecule has 1 amide bonds. The molecule has 0 saturated carbocycles. The third kappa shape index (κ3) is 6.94.